The Balaban J connectivity index is 4.55. The van der Waals surface area contributed by atoms with Crippen LogP contribution >= 0.6 is 0 Å². The van der Waals surface area contributed by atoms with Crippen LogP contribution in [0.2, 0.25) is 0 Å². The third-order valence-corrected chi connectivity index (χ3v) is 8.57. The van der Waals surface area contributed by atoms with Crippen LogP contribution in [0.5, 0.6) is 0 Å². The molecule has 0 saturated heterocycles. The smallest absolute Gasteiger partial charge is 0.372 e. The van der Waals surface area contributed by atoms with Gasteiger partial charge in [-0.25, -0.2) is 0 Å². The minimum atomic E-state index is -3.61. The molecule has 0 aliphatic rings. The van der Waals surface area contributed by atoms with Crippen LogP contribution in [-0.4, -0.2) is 55.5 Å². The summed E-state index contributed by atoms with van der Waals surface area (Å²) in [6.45, 7) is 6.17. The highest BCUT2D eigenvalue weighted by atomic mass is 28.4. The Kier molecular flexibility index (Phi) is 18.1. The van der Waals surface area contributed by atoms with Gasteiger partial charge in [-0.2, -0.15) is 0 Å². The number of hydrogen-bond acceptors (Lipinski definition) is 6. The minimum absolute atomic E-state index is 0.347. The second-order valence-corrected chi connectivity index (χ2v) is 10.9. The minimum Gasteiger partial charge on any atom is -0.372 e. The van der Waals surface area contributed by atoms with Gasteiger partial charge in [-0.3, -0.25) is 4.79 Å². The second kappa shape index (κ2) is 18.6. The zero-order valence-corrected chi connectivity index (χ0v) is 22.5. The van der Waals surface area contributed by atoms with E-state index < -0.39 is 20.0 Å². The lowest BCUT2D eigenvalue weighted by molar-refractivity contribution is -0.222. The third kappa shape index (κ3) is 9.57. The van der Waals surface area contributed by atoms with Crippen molar-refractivity contribution in [3.05, 3.63) is 24.8 Å². The molecule has 1 unspecified atom stereocenters. The van der Waals surface area contributed by atoms with Crippen LogP contribution in [0, 0.1) is 5.92 Å². The summed E-state index contributed by atoms with van der Waals surface area (Å²) in [5.41, 5.74) is 0. The number of rotatable bonds is 22. The maximum absolute atomic E-state index is 13.4. The summed E-state index contributed by atoms with van der Waals surface area (Å²) in [4.78, 5) is 13.4. The summed E-state index contributed by atoms with van der Waals surface area (Å²) in [6.07, 6.45) is 20.4. The van der Waals surface area contributed by atoms with Crippen molar-refractivity contribution in [2.45, 2.75) is 89.8 Å². The van der Waals surface area contributed by atoms with Gasteiger partial charge in [0, 0.05) is 41.5 Å². The van der Waals surface area contributed by atoms with Crippen LogP contribution in [-0.2, 0) is 27.5 Å². The Morgan fingerprint density at radius 3 is 1.72 bits per heavy atom. The predicted octanol–water partition coefficient (Wildman–Crippen LogP) is 6.02. The summed E-state index contributed by atoms with van der Waals surface area (Å²) in [6, 6.07) is 0. The molecule has 0 aromatic carbocycles. The molecule has 0 aliphatic heterocycles. The molecule has 0 aromatic rings. The van der Waals surface area contributed by atoms with Crippen molar-refractivity contribution in [1.29, 1.82) is 0 Å². The Labute approximate surface area is 198 Å². The van der Waals surface area contributed by atoms with Crippen LogP contribution in [0.1, 0.15) is 84.0 Å². The van der Waals surface area contributed by atoms with Gasteiger partial charge < -0.3 is 22.8 Å². The van der Waals surface area contributed by atoms with E-state index in [9.17, 15) is 4.79 Å². The fourth-order valence-electron chi connectivity index (χ4n) is 4.03. The van der Waals surface area contributed by atoms with Crippen molar-refractivity contribution in [2.24, 2.45) is 5.92 Å². The molecule has 188 valence electrons. The van der Waals surface area contributed by atoms with Crippen LogP contribution in [0.3, 0.4) is 0 Å². The second-order valence-electron chi connectivity index (χ2n) is 8.08. The number of allylic oxidation sites excluding steroid dienone is 2. The van der Waals surface area contributed by atoms with Gasteiger partial charge in [-0.15, -0.1) is 6.58 Å². The predicted molar refractivity (Wildman–Crippen MR) is 132 cm³/mol. The molecule has 0 aliphatic carbocycles. The van der Waals surface area contributed by atoms with E-state index in [1.807, 2.05) is 0 Å². The van der Waals surface area contributed by atoms with Crippen molar-refractivity contribution in [1.82, 2.24) is 0 Å². The highest BCUT2D eigenvalue weighted by Gasteiger charge is 2.61. The number of carbonyl (C=O) groups is 1. The zero-order chi connectivity index (χ0) is 24.3. The Morgan fingerprint density at radius 2 is 1.28 bits per heavy atom. The fraction of sp³-hybridized carbons (Fsp3) is 0.800. The van der Waals surface area contributed by atoms with Gasteiger partial charge in [0.2, 0.25) is 5.79 Å². The zero-order valence-electron chi connectivity index (χ0n) is 21.5. The molecule has 0 aromatic heterocycles. The summed E-state index contributed by atoms with van der Waals surface area (Å²) in [5, 5.41) is -0.454. The molecule has 0 fully saturated rings. The SMILES string of the molecule is C=CC(CCCCC/C=C\CCCCCCCC)C(OC)(OC)C(=O)[Si](OC)(OC)OC. The number of hydrogen-bond donors (Lipinski definition) is 0. The van der Waals surface area contributed by atoms with E-state index in [0.717, 1.165) is 25.7 Å². The van der Waals surface area contributed by atoms with Crippen LogP contribution in [0.25, 0.3) is 0 Å². The van der Waals surface area contributed by atoms with Gasteiger partial charge >= 0.3 is 8.80 Å². The van der Waals surface area contributed by atoms with Gasteiger partial charge in [0.05, 0.1) is 0 Å². The van der Waals surface area contributed by atoms with Gasteiger partial charge in [-0.05, 0) is 32.1 Å². The van der Waals surface area contributed by atoms with Gasteiger partial charge in [0.1, 0.15) is 0 Å². The highest BCUT2D eigenvalue weighted by Crippen LogP contribution is 2.33. The molecule has 0 radical (unpaired) electrons. The third-order valence-electron chi connectivity index (χ3n) is 6.06. The molecule has 0 N–H and O–H groups in total. The number of unbranched alkanes of at least 4 members (excludes halogenated alkanes) is 9. The molecule has 7 heteroatoms. The standard InChI is InChI=1S/C25H48O6Si/c1-8-10-11-12-13-14-15-16-17-18-19-20-21-22-23(9-2)25(27-3,28-4)24(26)32(29-5,30-6)31-7/h9,16-17,23H,2,8,10-15,18-22H2,1,3-7H3/b17-16-. The average molecular weight is 473 g/mol. The summed E-state index contributed by atoms with van der Waals surface area (Å²) in [7, 11) is 3.49. The molecule has 0 heterocycles. The first-order valence-electron chi connectivity index (χ1n) is 12.1. The monoisotopic (exact) mass is 472 g/mol. The molecule has 0 amide bonds. The van der Waals surface area contributed by atoms with Crippen molar-refractivity contribution < 1.29 is 27.5 Å². The Hall–Kier alpha value is -0.833. The Bertz CT molecular complexity index is 506. The van der Waals surface area contributed by atoms with E-state index in [0.29, 0.717) is 6.42 Å². The summed E-state index contributed by atoms with van der Waals surface area (Å²) < 4.78 is 27.3. The summed E-state index contributed by atoms with van der Waals surface area (Å²) >= 11 is 0. The van der Waals surface area contributed by atoms with Crippen LogP contribution in [0.15, 0.2) is 24.8 Å². The van der Waals surface area contributed by atoms with Crippen LogP contribution in [0.4, 0.5) is 0 Å². The molecular weight excluding hydrogens is 424 g/mol. The fourth-order valence-corrected chi connectivity index (χ4v) is 5.90. The normalized spacial score (nSPS) is 13.6. The largest absolute Gasteiger partial charge is 0.579 e. The topological polar surface area (TPSA) is 63.2 Å². The first-order chi connectivity index (χ1) is 15.5. The summed E-state index contributed by atoms with van der Waals surface area (Å²) in [5.74, 6) is -1.90. The molecule has 6 nitrogen and oxygen atoms in total. The van der Waals surface area contributed by atoms with Crippen LogP contribution < -0.4 is 0 Å². The van der Waals surface area contributed by atoms with E-state index in [4.69, 9.17) is 22.8 Å². The van der Waals surface area contributed by atoms with E-state index >= 15 is 0 Å². The maximum atomic E-state index is 13.4. The first-order valence-corrected chi connectivity index (χ1v) is 13.8. The molecule has 0 rings (SSSR count). The molecule has 0 spiro atoms. The number of ether oxygens (including phenoxy) is 2. The average Bonchev–Trinajstić information content (AvgIpc) is 2.83. The lowest BCUT2D eigenvalue weighted by Gasteiger charge is -2.38. The highest BCUT2D eigenvalue weighted by molar-refractivity contribution is 6.93. The maximum Gasteiger partial charge on any atom is 0.579 e. The lowest BCUT2D eigenvalue weighted by Crippen LogP contribution is -2.64. The molecule has 32 heavy (non-hydrogen) atoms. The van der Waals surface area contributed by atoms with Gasteiger partial charge in [0.25, 0.3) is 5.41 Å². The van der Waals surface area contributed by atoms with E-state index in [-0.39, 0.29) is 5.92 Å². The van der Waals surface area contributed by atoms with Crippen molar-refractivity contribution >= 4 is 14.2 Å². The number of methoxy groups -OCH3 is 2. The molecule has 1 atom stereocenters. The first kappa shape index (κ1) is 31.2. The molecule has 0 saturated carbocycles. The quantitative estimate of drug-likeness (QED) is 0.0830. The lowest BCUT2D eigenvalue weighted by atomic mass is 9.92. The van der Waals surface area contributed by atoms with E-state index in [1.54, 1.807) is 6.08 Å². The molecular formula is C25H48O6Si. The van der Waals surface area contributed by atoms with Gasteiger partial charge in [-0.1, -0.05) is 70.1 Å². The van der Waals surface area contributed by atoms with Crippen molar-refractivity contribution in [2.75, 3.05) is 35.5 Å². The van der Waals surface area contributed by atoms with Crippen molar-refractivity contribution in [3.8, 4) is 0 Å². The van der Waals surface area contributed by atoms with Crippen molar-refractivity contribution in [3.63, 3.8) is 0 Å². The molecule has 0 bridgehead atoms. The van der Waals surface area contributed by atoms with E-state index in [1.165, 1.54) is 80.5 Å². The van der Waals surface area contributed by atoms with Gasteiger partial charge in [0.15, 0.2) is 0 Å². The van der Waals surface area contributed by atoms with E-state index in [2.05, 4.69) is 25.7 Å². The Morgan fingerprint density at radius 1 is 0.812 bits per heavy atom. The number of carbonyl (C=O) groups excluding carboxylic acids is 1.